The monoisotopic (exact) mass is 202 g/mol. The zero-order valence-corrected chi connectivity index (χ0v) is 9.44. The van der Waals surface area contributed by atoms with E-state index in [1.807, 2.05) is 6.07 Å². The molecule has 0 aliphatic carbocycles. The Kier molecular flexibility index (Phi) is 3.22. The highest BCUT2D eigenvalue weighted by Crippen LogP contribution is 2.32. The smallest absolute Gasteiger partial charge is 0.0867 e. The Bertz CT molecular complexity index is 338. The van der Waals surface area contributed by atoms with Gasteiger partial charge >= 0.3 is 0 Å². The topological polar surface area (TPSA) is 9.23 Å². The van der Waals surface area contributed by atoms with Crippen LogP contribution in [-0.2, 0) is 4.74 Å². The second-order valence-corrected chi connectivity index (χ2v) is 4.48. The van der Waals surface area contributed by atoms with Gasteiger partial charge in [-0.25, -0.2) is 0 Å². The highest BCUT2D eigenvalue weighted by atomic mass is 16.5. The van der Waals surface area contributed by atoms with Crippen LogP contribution in [0.3, 0.4) is 0 Å². The van der Waals surface area contributed by atoms with Crippen molar-refractivity contribution in [1.82, 2.24) is 0 Å². The number of rotatable bonds is 2. The van der Waals surface area contributed by atoms with E-state index in [-0.39, 0.29) is 6.10 Å². The molecule has 0 spiro atoms. The Labute approximate surface area is 91.8 Å². The third-order valence-electron chi connectivity index (χ3n) is 2.66. The van der Waals surface area contributed by atoms with Gasteiger partial charge in [-0.15, -0.1) is 0 Å². The molecule has 1 aromatic rings. The Morgan fingerprint density at radius 1 is 1.27 bits per heavy atom. The Morgan fingerprint density at radius 3 is 2.67 bits per heavy atom. The maximum absolute atomic E-state index is 5.78. The highest BCUT2D eigenvalue weighted by Gasteiger charge is 2.21. The summed E-state index contributed by atoms with van der Waals surface area (Å²) >= 11 is 0. The van der Waals surface area contributed by atoms with Gasteiger partial charge in [0.15, 0.2) is 0 Å². The van der Waals surface area contributed by atoms with Crippen LogP contribution in [0.4, 0.5) is 0 Å². The van der Waals surface area contributed by atoms with Gasteiger partial charge < -0.3 is 4.74 Å². The molecule has 1 heterocycles. The maximum Gasteiger partial charge on any atom is 0.0867 e. The van der Waals surface area contributed by atoms with Gasteiger partial charge in [-0.2, -0.15) is 0 Å². The van der Waals surface area contributed by atoms with Gasteiger partial charge in [0, 0.05) is 6.42 Å². The molecule has 1 atom stereocenters. The summed E-state index contributed by atoms with van der Waals surface area (Å²) in [5.74, 6) is 0.623. The molecule has 1 heteroatoms. The van der Waals surface area contributed by atoms with Crippen LogP contribution in [0, 0.1) is 5.92 Å². The van der Waals surface area contributed by atoms with E-state index in [9.17, 15) is 0 Å². The van der Waals surface area contributed by atoms with Gasteiger partial charge in [-0.3, -0.25) is 0 Å². The van der Waals surface area contributed by atoms with E-state index in [2.05, 4.69) is 44.2 Å². The zero-order valence-electron chi connectivity index (χ0n) is 9.44. The molecule has 1 unspecified atom stereocenters. The van der Waals surface area contributed by atoms with Crippen molar-refractivity contribution in [2.75, 3.05) is 6.61 Å². The van der Waals surface area contributed by atoms with Gasteiger partial charge in [0.05, 0.1) is 12.7 Å². The van der Waals surface area contributed by atoms with Crippen LogP contribution in [0.2, 0.25) is 0 Å². The fourth-order valence-electron chi connectivity index (χ4n) is 2.03. The number of hydrogen-bond acceptors (Lipinski definition) is 1. The standard InChI is InChI=1S/C14H18O/c1-11(2)8-12-9-14(15-10-12)13-6-4-3-5-7-13/h3-8,11,14H,9-10H2,1-2H3/b12-8+. The van der Waals surface area contributed by atoms with Crippen molar-refractivity contribution in [3.63, 3.8) is 0 Å². The SMILES string of the molecule is CC(C)/C=C1/COC(c2ccccc2)C1. The molecule has 0 N–H and O–H groups in total. The molecule has 1 aliphatic heterocycles. The van der Waals surface area contributed by atoms with Gasteiger partial charge in [0.25, 0.3) is 0 Å². The summed E-state index contributed by atoms with van der Waals surface area (Å²) in [6, 6.07) is 10.5. The Morgan fingerprint density at radius 2 is 2.00 bits per heavy atom. The summed E-state index contributed by atoms with van der Waals surface area (Å²) in [5.41, 5.74) is 2.74. The number of benzene rings is 1. The lowest BCUT2D eigenvalue weighted by Crippen LogP contribution is -1.93. The minimum atomic E-state index is 0.274. The number of ether oxygens (including phenoxy) is 1. The van der Waals surface area contributed by atoms with E-state index in [1.165, 1.54) is 11.1 Å². The fraction of sp³-hybridized carbons (Fsp3) is 0.429. The van der Waals surface area contributed by atoms with Crippen LogP contribution in [-0.4, -0.2) is 6.61 Å². The maximum atomic E-state index is 5.78. The van der Waals surface area contributed by atoms with E-state index in [0.29, 0.717) is 5.92 Å². The summed E-state index contributed by atoms with van der Waals surface area (Å²) in [6.45, 7) is 5.23. The average molecular weight is 202 g/mol. The minimum absolute atomic E-state index is 0.274. The van der Waals surface area contributed by atoms with E-state index < -0.39 is 0 Å². The largest absolute Gasteiger partial charge is 0.369 e. The molecular formula is C14H18O. The lowest BCUT2D eigenvalue weighted by atomic mass is 10.0. The molecule has 15 heavy (non-hydrogen) atoms. The van der Waals surface area contributed by atoms with Crippen LogP contribution >= 0.6 is 0 Å². The molecule has 0 saturated carbocycles. The predicted molar refractivity (Wildman–Crippen MR) is 62.7 cm³/mol. The molecule has 80 valence electrons. The van der Waals surface area contributed by atoms with Crippen LogP contribution < -0.4 is 0 Å². The quantitative estimate of drug-likeness (QED) is 0.664. The molecule has 2 rings (SSSR count). The summed E-state index contributed by atoms with van der Waals surface area (Å²) in [6.07, 6.45) is 3.65. The second-order valence-electron chi connectivity index (χ2n) is 4.48. The molecule has 1 nitrogen and oxygen atoms in total. The van der Waals surface area contributed by atoms with Crippen LogP contribution in [0.15, 0.2) is 42.0 Å². The van der Waals surface area contributed by atoms with Crippen LogP contribution in [0.1, 0.15) is 31.9 Å². The second kappa shape index (κ2) is 4.63. The summed E-state index contributed by atoms with van der Waals surface area (Å²) in [4.78, 5) is 0. The predicted octanol–water partition coefficient (Wildman–Crippen LogP) is 3.73. The first kappa shape index (κ1) is 10.4. The van der Waals surface area contributed by atoms with Gasteiger partial charge in [-0.1, -0.05) is 50.3 Å². The van der Waals surface area contributed by atoms with Gasteiger partial charge in [0.1, 0.15) is 0 Å². The molecule has 0 bridgehead atoms. The summed E-state index contributed by atoms with van der Waals surface area (Å²) in [5, 5.41) is 0. The van der Waals surface area contributed by atoms with Crippen molar-refractivity contribution in [3.8, 4) is 0 Å². The highest BCUT2D eigenvalue weighted by molar-refractivity contribution is 5.22. The van der Waals surface area contributed by atoms with Crippen molar-refractivity contribution >= 4 is 0 Å². The Hall–Kier alpha value is -1.08. The van der Waals surface area contributed by atoms with Crippen molar-refractivity contribution < 1.29 is 4.74 Å². The lowest BCUT2D eigenvalue weighted by molar-refractivity contribution is 0.114. The van der Waals surface area contributed by atoms with Gasteiger partial charge in [0.2, 0.25) is 0 Å². The van der Waals surface area contributed by atoms with Gasteiger partial charge in [-0.05, 0) is 17.1 Å². The van der Waals surface area contributed by atoms with Crippen molar-refractivity contribution in [2.45, 2.75) is 26.4 Å². The zero-order chi connectivity index (χ0) is 10.7. The fourth-order valence-corrected chi connectivity index (χ4v) is 2.03. The number of hydrogen-bond donors (Lipinski definition) is 0. The Balaban J connectivity index is 2.05. The van der Waals surface area contributed by atoms with Crippen molar-refractivity contribution in [2.24, 2.45) is 5.92 Å². The molecular weight excluding hydrogens is 184 g/mol. The first-order valence-corrected chi connectivity index (χ1v) is 5.62. The van der Waals surface area contributed by atoms with Crippen LogP contribution in [0.25, 0.3) is 0 Å². The molecule has 0 aromatic heterocycles. The molecule has 1 saturated heterocycles. The lowest BCUT2D eigenvalue weighted by Gasteiger charge is -2.07. The van der Waals surface area contributed by atoms with E-state index in [4.69, 9.17) is 4.74 Å². The van der Waals surface area contributed by atoms with Crippen molar-refractivity contribution in [3.05, 3.63) is 47.5 Å². The third-order valence-corrected chi connectivity index (χ3v) is 2.66. The molecule has 1 aromatic carbocycles. The van der Waals surface area contributed by atoms with E-state index >= 15 is 0 Å². The summed E-state index contributed by atoms with van der Waals surface area (Å²) < 4.78 is 5.78. The minimum Gasteiger partial charge on any atom is -0.369 e. The number of allylic oxidation sites excluding steroid dienone is 1. The summed E-state index contributed by atoms with van der Waals surface area (Å²) in [7, 11) is 0. The first-order valence-electron chi connectivity index (χ1n) is 5.62. The average Bonchev–Trinajstić information content (AvgIpc) is 2.67. The molecule has 0 radical (unpaired) electrons. The van der Waals surface area contributed by atoms with Crippen molar-refractivity contribution in [1.29, 1.82) is 0 Å². The third kappa shape index (κ3) is 2.69. The molecule has 1 fully saturated rings. The normalized spacial score (nSPS) is 23.9. The first-order chi connectivity index (χ1) is 7.25. The van der Waals surface area contributed by atoms with E-state index in [0.717, 1.165) is 13.0 Å². The molecule has 1 aliphatic rings. The van der Waals surface area contributed by atoms with Crippen LogP contribution in [0.5, 0.6) is 0 Å². The van der Waals surface area contributed by atoms with E-state index in [1.54, 1.807) is 0 Å². The molecule has 0 amide bonds.